The van der Waals surface area contributed by atoms with Crippen LogP contribution < -0.4 is 11.1 Å². The molecule has 4 aromatic rings. The summed E-state index contributed by atoms with van der Waals surface area (Å²) in [6.45, 7) is 4.57. The van der Waals surface area contributed by atoms with E-state index in [9.17, 15) is 31.5 Å². The van der Waals surface area contributed by atoms with Crippen LogP contribution in [-0.2, 0) is 24.1 Å². The molecule has 196 valence electrons. The molecule has 0 aromatic carbocycles. The molecule has 2 amide bonds. The molecule has 4 heterocycles. The number of alkyl halides is 5. The molecule has 37 heavy (non-hydrogen) atoms. The zero-order valence-electron chi connectivity index (χ0n) is 19.7. The van der Waals surface area contributed by atoms with Gasteiger partial charge < -0.3 is 11.1 Å². The monoisotopic (exact) mass is 541 g/mol. The molecule has 0 bridgehead atoms. The molecule has 0 saturated carbocycles. The number of nitrogens with one attached hydrogen (secondary N) is 1. The highest BCUT2D eigenvalue weighted by molar-refractivity contribution is 7.21. The van der Waals surface area contributed by atoms with Gasteiger partial charge in [-0.05, 0) is 38.5 Å². The summed E-state index contributed by atoms with van der Waals surface area (Å²) in [7, 11) is 0. The minimum atomic E-state index is -4.76. The van der Waals surface area contributed by atoms with Gasteiger partial charge in [0.15, 0.2) is 0 Å². The number of rotatable bonds is 7. The summed E-state index contributed by atoms with van der Waals surface area (Å²) in [6, 6.07) is 1.92. The van der Waals surface area contributed by atoms with Crippen LogP contribution in [0.2, 0.25) is 0 Å². The molecule has 0 aliphatic rings. The van der Waals surface area contributed by atoms with Gasteiger partial charge in [-0.1, -0.05) is 0 Å². The number of carbonyl (C=O) groups excluding carboxylic acids is 2. The van der Waals surface area contributed by atoms with E-state index in [0.29, 0.717) is 33.8 Å². The first-order valence-corrected chi connectivity index (χ1v) is 11.6. The van der Waals surface area contributed by atoms with Crippen molar-refractivity contribution in [1.82, 2.24) is 24.5 Å². The predicted octanol–water partition coefficient (Wildman–Crippen LogP) is 4.69. The summed E-state index contributed by atoms with van der Waals surface area (Å²) in [4.78, 5) is 28.8. The minimum Gasteiger partial charge on any atom is -0.365 e. The topological polar surface area (TPSA) is 121 Å². The number of hydrogen-bond acceptors (Lipinski definition) is 6. The highest BCUT2D eigenvalue weighted by Gasteiger charge is 2.36. The zero-order chi connectivity index (χ0) is 27.2. The van der Waals surface area contributed by atoms with E-state index < -0.39 is 42.3 Å². The summed E-state index contributed by atoms with van der Waals surface area (Å²) in [6.07, 6.45) is -6.24. The van der Waals surface area contributed by atoms with Crippen LogP contribution in [0, 0.1) is 13.8 Å². The van der Waals surface area contributed by atoms with Crippen molar-refractivity contribution in [3.63, 3.8) is 0 Å². The Kier molecular flexibility index (Phi) is 6.75. The average Bonchev–Trinajstić information content (AvgIpc) is 3.47. The van der Waals surface area contributed by atoms with Crippen molar-refractivity contribution in [3.05, 3.63) is 46.0 Å². The van der Waals surface area contributed by atoms with Gasteiger partial charge in [0, 0.05) is 23.2 Å². The minimum absolute atomic E-state index is 0.00790. The Morgan fingerprint density at radius 3 is 2.43 bits per heavy atom. The van der Waals surface area contributed by atoms with E-state index in [1.807, 2.05) is 6.92 Å². The third kappa shape index (κ3) is 4.90. The van der Waals surface area contributed by atoms with Crippen molar-refractivity contribution >= 4 is 39.1 Å². The molecule has 0 aliphatic heterocycles. The summed E-state index contributed by atoms with van der Waals surface area (Å²) >= 11 is 0.687. The maximum Gasteiger partial charge on any atom is 0.433 e. The largest absolute Gasteiger partial charge is 0.433 e. The number of carbonyl (C=O) groups is 2. The Labute approximate surface area is 210 Å². The lowest BCUT2D eigenvalue weighted by Crippen LogP contribution is -2.24. The number of halogens is 5. The molecule has 9 nitrogen and oxygen atoms in total. The Balaban J connectivity index is 1.87. The first-order valence-electron chi connectivity index (χ1n) is 10.8. The Bertz CT molecular complexity index is 1520. The van der Waals surface area contributed by atoms with E-state index in [2.05, 4.69) is 20.5 Å². The summed E-state index contributed by atoms with van der Waals surface area (Å²) in [5, 5.41) is 10.5. The van der Waals surface area contributed by atoms with Crippen molar-refractivity contribution in [2.45, 2.75) is 46.5 Å². The average molecular weight is 542 g/mol. The number of hydrogen-bond donors (Lipinski definition) is 2. The fraction of sp³-hybridized carbons (Fsp3) is 0.318. The van der Waals surface area contributed by atoms with Crippen molar-refractivity contribution in [1.29, 1.82) is 0 Å². The van der Waals surface area contributed by atoms with Crippen molar-refractivity contribution in [3.8, 4) is 11.1 Å². The highest BCUT2D eigenvalue weighted by atomic mass is 32.1. The van der Waals surface area contributed by atoms with Crippen LogP contribution in [0.3, 0.4) is 0 Å². The first kappa shape index (κ1) is 26.2. The lowest BCUT2D eigenvalue weighted by atomic mass is 10.0. The van der Waals surface area contributed by atoms with E-state index in [1.165, 1.54) is 13.1 Å². The smallest absolute Gasteiger partial charge is 0.365 e. The second kappa shape index (κ2) is 9.53. The highest BCUT2D eigenvalue weighted by Crippen LogP contribution is 2.43. The van der Waals surface area contributed by atoms with Crippen LogP contribution in [-0.4, -0.2) is 36.4 Å². The fourth-order valence-electron chi connectivity index (χ4n) is 3.97. The quantitative estimate of drug-likeness (QED) is 0.329. The maximum atomic E-state index is 13.7. The van der Waals surface area contributed by atoms with E-state index in [0.717, 1.165) is 12.1 Å². The zero-order valence-corrected chi connectivity index (χ0v) is 20.5. The number of thiophene rings is 1. The number of nitrogens with zero attached hydrogens (tertiary/aromatic N) is 5. The van der Waals surface area contributed by atoms with E-state index in [4.69, 9.17) is 5.73 Å². The molecule has 0 radical (unpaired) electrons. The molecular formula is C22H20F5N7O2S. The van der Waals surface area contributed by atoms with Crippen molar-refractivity contribution in [2.75, 3.05) is 5.32 Å². The van der Waals surface area contributed by atoms with Gasteiger partial charge in [0.25, 0.3) is 12.3 Å². The number of nitrogens with two attached hydrogens (primary N) is 1. The second-order valence-corrected chi connectivity index (χ2v) is 9.08. The number of aryl methyl sites for hydroxylation is 2. The standard InChI is InChI=1S/C22H20F5N7O2S/c1-4-33-10(3)12(7-29-33)11-6-13(19(23)24)30-21-16(11)17(18(37-21)20(28)36)31-15(35)8-34-14(22(25,26)27)5-9(2)32-34/h5-7,19H,4,8H2,1-3H3,(H2,28,36)(H,31,35). The Morgan fingerprint density at radius 2 is 1.86 bits per heavy atom. The molecule has 0 spiro atoms. The third-order valence-electron chi connectivity index (χ3n) is 5.57. The normalized spacial score (nSPS) is 12.0. The summed E-state index contributed by atoms with van der Waals surface area (Å²) < 4.78 is 69.5. The van der Waals surface area contributed by atoms with Crippen LogP contribution in [0.15, 0.2) is 18.3 Å². The second-order valence-electron chi connectivity index (χ2n) is 8.08. The molecule has 0 fully saturated rings. The number of primary amides is 1. The van der Waals surface area contributed by atoms with Crippen molar-refractivity contribution < 1.29 is 31.5 Å². The Hall–Kier alpha value is -3.88. The number of aromatic nitrogens is 5. The van der Waals surface area contributed by atoms with Gasteiger partial charge in [-0.3, -0.25) is 19.0 Å². The summed E-state index contributed by atoms with van der Waals surface area (Å²) in [5.74, 6) is -1.92. The molecule has 4 aromatic heterocycles. The number of pyridine rings is 1. The van der Waals surface area contributed by atoms with Crippen molar-refractivity contribution in [2.24, 2.45) is 5.73 Å². The third-order valence-corrected chi connectivity index (χ3v) is 6.67. The van der Waals surface area contributed by atoms with Gasteiger partial charge in [0.05, 0.1) is 17.6 Å². The lowest BCUT2D eigenvalue weighted by molar-refractivity contribution is -0.144. The van der Waals surface area contributed by atoms with Crippen LogP contribution in [0.5, 0.6) is 0 Å². The lowest BCUT2D eigenvalue weighted by Gasteiger charge is -2.12. The van der Waals surface area contributed by atoms with E-state index in [1.54, 1.807) is 11.6 Å². The number of fused-ring (bicyclic) bond motifs is 1. The molecule has 15 heteroatoms. The maximum absolute atomic E-state index is 13.7. The van der Waals surface area contributed by atoms with Gasteiger partial charge in [0.2, 0.25) is 5.91 Å². The SMILES string of the molecule is CCn1ncc(-c2cc(C(F)F)nc3sc(C(N)=O)c(NC(=O)Cn4nc(C)cc4C(F)(F)F)c23)c1C. The van der Waals surface area contributed by atoms with Gasteiger partial charge in [0.1, 0.15) is 27.6 Å². The van der Waals surface area contributed by atoms with Gasteiger partial charge in [-0.15, -0.1) is 11.3 Å². The van der Waals surface area contributed by atoms with Crippen LogP contribution in [0.25, 0.3) is 21.3 Å². The van der Waals surface area contributed by atoms with Gasteiger partial charge >= 0.3 is 6.18 Å². The molecule has 0 unspecified atom stereocenters. The fourth-order valence-corrected chi connectivity index (χ4v) is 4.99. The first-order chi connectivity index (χ1) is 17.3. The molecule has 0 aliphatic carbocycles. The van der Waals surface area contributed by atoms with Crippen LogP contribution in [0.4, 0.5) is 27.6 Å². The van der Waals surface area contributed by atoms with Gasteiger partial charge in [-0.2, -0.15) is 23.4 Å². The number of anilines is 1. The van der Waals surface area contributed by atoms with E-state index in [-0.39, 0.29) is 32.0 Å². The number of amides is 2. The van der Waals surface area contributed by atoms with Gasteiger partial charge in [-0.25, -0.2) is 13.8 Å². The molecule has 4 rings (SSSR count). The summed E-state index contributed by atoms with van der Waals surface area (Å²) in [5.41, 5.74) is 5.00. The molecule has 0 atom stereocenters. The predicted molar refractivity (Wildman–Crippen MR) is 125 cm³/mol. The molecule has 3 N–H and O–H groups in total. The van der Waals surface area contributed by atoms with Crippen LogP contribution >= 0.6 is 11.3 Å². The van der Waals surface area contributed by atoms with Crippen LogP contribution in [0.1, 0.15) is 45.8 Å². The molecule has 0 saturated heterocycles. The van der Waals surface area contributed by atoms with E-state index >= 15 is 0 Å². The molecular weight excluding hydrogens is 521 g/mol. The Morgan fingerprint density at radius 1 is 1.16 bits per heavy atom.